The molecule has 0 unspecified atom stereocenters. The molecular formula is C32H42N4O7. The first-order valence-corrected chi connectivity index (χ1v) is 14.7. The minimum Gasteiger partial charge on any atom is -0.490 e. The summed E-state index contributed by atoms with van der Waals surface area (Å²) in [6.07, 6.45) is -0.493. The molecule has 1 N–H and O–H groups in total. The SMILES string of the molecule is CCOc1ccc(-c2nc(-c3ccc4c(c3)CN(CC3(NC(=O)OC(C)(C)C)COC(C)(C)OC3)C4)no2)cc1OCC. The number of nitrogens with zero attached hydrogens (tertiary/aromatic N) is 3. The fraction of sp³-hybridized carbons (Fsp3) is 0.531. The molecule has 0 aliphatic carbocycles. The van der Waals surface area contributed by atoms with E-state index in [2.05, 4.69) is 32.5 Å². The van der Waals surface area contributed by atoms with Crippen LogP contribution in [0.25, 0.3) is 22.8 Å². The van der Waals surface area contributed by atoms with Crippen molar-refractivity contribution in [2.75, 3.05) is 33.0 Å². The molecule has 0 spiro atoms. The van der Waals surface area contributed by atoms with Gasteiger partial charge in [0.2, 0.25) is 5.82 Å². The van der Waals surface area contributed by atoms with Crippen molar-refractivity contribution in [3.8, 4) is 34.3 Å². The van der Waals surface area contributed by atoms with Gasteiger partial charge in [0.15, 0.2) is 17.3 Å². The van der Waals surface area contributed by atoms with Crippen LogP contribution in [0.1, 0.15) is 59.6 Å². The van der Waals surface area contributed by atoms with Crippen LogP contribution in [0.4, 0.5) is 4.79 Å². The minimum atomic E-state index is -0.761. The van der Waals surface area contributed by atoms with E-state index in [9.17, 15) is 4.79 Å². The maximum atomic E-state index is 12.8. The van der Waals surface area contributed by atoms with Gasteiger partial charge in [-0.05, 0) is 83.9 Å². The van der Waals surface area contributed by atoms with Gasteiger partial charge in [0.25, 0.3) is 5.89 Å². The van der Waals surface area contributed by atoms with Crippen molar-refractivity contribution in [3.63, 3.8) is 0 Å². The van der Waals surface area contributed by atoms with Crippen molar-refractivity contribution in [1.29, 1.82) is 0 Å². The lowest BCUT2D eigenvalue weighted by Crippen LogP contribution is -2.65. The number of carbonyl (C=O) groups excluding carboxylic acids is 1. The molecule has 0 bridgehead atoms. The molecule has 11 heteroatoms. The Hall–Kier alpha value is -3.67. The Morgan fingerprint density at radius 1 is 0.953 bits per heavy atom. The van der Waals surface area contributed by atoms with E-state index in [-0.39, 0.29) is 0 Å². The largest absolute Gasteiger partial charge is 0.490 e. The van der Waals surface area contributed by atoms with Crippen LogP contribution in [0.5, 0.6) is 11.5 Å². The molecule has 2 aliphatic heterocycles. The van der Waals surface area contributed by atoms with Gasteiger partial charge in [-0.2, -0.15) is 4.98 Å². The van der Waals surface area contributed by atoms with E-state index in [1.165, 1.54) is 5.56 Å². The summed E-state index contributed by atoms with van der Waals surface area (Å²) in [5.74, 6) is 1.49. The number of ether oxygens (including phenoxy) is 5. The molecule has 0 atom stereocenters. The third-order valence-electron chi connectivity index (χ3n) is 7.15. The minimum absolute atomic E-state index is 0.305. The molecular weight excluding hydrogens is 552 g/mol. The summed E-state index contributed by atoms with van der Waals surface area (Å²) in [5, 5.41) is 7.31. The number of hydrogen-bond donors (Lipinski definition) is 1. The number of amides is 1. The highest BCUT2D eigenvalue weighted by molar-refractivity contribution is 5.69. The molecule has 3 heterocycles. The summed E-state index contributed by atoms with van der Waals surface area (Å²) in [6, 6.07) is 11.8. The maximum absolute atomic E-state index is 12.8. The maximum Gasteiger partial charge on any atom is 0.408 e. The summed E-state index contributed by atoms with van der Waals surface area (Å²) < 4.78 is 34.6. The van der Waals surface area contributed by atoms with E-state index in [0.29, 0.717) is 62.7 Å². The third kappa shape index (κ3) is 7.46. The van der Waals surface area contributed by atoms with Gasteiger partial charge < -0.3 is 33.5 Å². The molecule has 3 aromatic rings. The quantitative estimate of drug-likeness (QED) is 0.337. The number of benzene rings is 2. The van der Waals surface area contributed by atoms with Gasteiger partial charge in [0.05, 0.1) is 26.4 Å². The molecule has 0 radical (unpaired) electrons. The third-order valence-corrected chi connectivity index (χ3v) is 7.15. The van der Waals surface area contributed by atoms with Crippen LogP contribution in [0.2, 0.25) is 0 Å². The number of aromatic nitrogens is 2. The van der Waals surface area contributed by atoms with Crippen molar-refractivity contribution < 1.29 is 33.0 Å². The standard InChI is InChI=1S/C32H42N4O7/c1-8-38-25-13-12-22(15-26(25)39-9-2)28-33-27(35-43-28)21-10-11-23-16-36(17-24(23)14-21)18-32(19-40-31(6,7)41-20-32)34-29(37)42-30(3,4)5/h10-15H,8-9,16-20H2,1-7H3,(H,34,37). The number of alkyl carbamates (subject to hydrolysis) is 1. The highest BCUT2D eigenvalue weighted by atomic mass is 16.7. The lowest BCUT2D eigenvalue weighted by atomic mass is 9.99. The molecule has 232 valence electrons. The Bertz CT molecular complexity index is 1440. The highest BCUT2D eigenvalue weighted by Crippen LogP contribution is 2.34. The Morgan fingerprint density at radius 3 is 2.33 bits per heavy atom. The molecule has 5 rings (SSSR count). The number of carbonyl (C=O) groups is 1. The van der Waals surface area contributed by atoms with Crippen molar-refractivity contribution in [1.82, 2.24) is 20.4 Å². The molecule has 2 aromatic carbocycles. The summed E-state index contributed by atoms with van der Waals surface area (Å²) >= 11 is 0. The van der Waals surface area contributed by atoms with Crippen molar-refractivity contribution >= 4 is 6.09 Å². The average molecular weight is 595 g/mol. The van der Waals surface area contributed by atoms with Crippen molar-refractivity contribution in [3.05, 3.63) is 47.5 Å². The van der Waals surface area contributed by atoms with E-state index in [4.69, 9.17) is 28.2 Å². The molecule has 1 saturated heterocycles. The number of rotatable bonds is 9. The second-order valence-corrected chi connectivity index (χ2v) is 12.5. The molecule has 43 heavy (non-hydrogen) atoms. The van der Waals surface area contributed by atoms with Crippen molar-refractivity contribution in [2.24, 2.45) is 0 Å². The topological polar surface area (TPSA) is 117 Å². The zero-order chi connectivity index (χ0) is 30.8. The Kier molecular flexibility index (Phi) is 8.69. The second-order valence-electron chi connectivity index (χ2n) is 12.5. The molecule has 0 saturated carbocycles. The Balaban J connectivity index is 1.30. The van der Waals surface area contributed by atoms with Crippen LogP contribution in [-0.2, 0) is 27.3 Å². The smallest absolute Gasteiger partial charge is 0.408 e. The molecule has 1 fully saturated rings. The predicted molar refractivity (Wildman–Crippen MR) is 160 cm³/mol. The van der Waals surface area contributed by atoms with Crippen LogP contribution >= 0.6 is 0 Å². The molecule has 11 nitrogen and oxygen atoms in total. The van der Waals surface area contributed by atoms with Crippen LogP contribution in [0.15, 0.2) is 40.9 Å². The summed E-state index contributed by atoms with van der Waals surface area (Å²) in [4.78, 5) is 19.7. The normalized spacial score (nSPS) is 17.7. The fourth-order valence-corrected chi connectivity index (χ4v) is 5.22. The van der Waals surface area contributed by atoms with Gasteiger partial charge in [0, 0.05) is 30.8 Å². The molecule has 1 amide bonds. The van der Waals surface area contributed by atoms with Gasteiger partial charge in [-0.3, -0.25) is 4.90 Å². The molecule has 1 aromatic heterocycles. The number of nitrogens with one attached hydrogen (secondary N) is 1. The fourth-order valence-electron chi connectivity index (χ4n) is 5.22. The Labute approximate surface area is 252 Å². The average Bonchev–Trinajstić information content (AvgIpc) is 3.57. The summed E-state index contributed by atoms with van der Waals surface area (Å²) in [7, 11) is 0. The van der Waals surface area contributed by atoms with E-state index in [1.807, 2.05) is 72.7 Å². The van der Waals surface area contributed by atoms with Crippen LogP contribution in [-0.4, -0.2) is 71.0 Å². The van der Waals surface area contributed by atoms with E-state index in [0.717, 1.165) is 23.2 Å². The summed E-state index contributed by atoms with van der Waals surface area (Å²) in [5.41, 5.74) is 2.60. The van der Waals surface area contributed by atoms with Crippen LogP contribution < -0.4 is 14.8 Å². The number of fused-ring (bicyclic) bond motifs is 1. The van der Waals surface area contributed by atoms with Crippen molar-refractivity contribution in [2.45, 2.75) is 78.5 Å². The first-order valence-electron chi connectivity index (χ1n) is 14.7. The second kappa shape index (κ2) is 12.1. The van der Waals surface area contributed by atoms with Gasteiger partial charge in [-0.15, -0.1) is 0 Å². The summed E-state index contributed by atoms with van der Waals surface area (Å²) in [6.45, 7) is 16.7. The van der Waals surface area contributed by atoms with Gasteiger partial charge in [0.1, 0.15) is 11.1 Å². The zero-order valence-corrected chi connectivity index (χ0v) is 26.1. The predicted octanol–water partition coefficient (Wildman–Crippen LogP) is 5.56. The Morgan fingerprint density at radius 2 is 1.63 bits per heavy atom. The first-order chi connectivity index (χ1) is 20.4. The lowest BCUT2D eigenvalue weighted by molar-refractivity contribution is -0.272. The number of hydrogen-bond acceptors (Lipinski definition) is 10. The van der Waals surface area contributed by atoms with Gasteiger partial charge in [-0.25, -0.2) is 4.79 Å². The van der Waals surface area contributed by atoms with Gasteiger partial charge in [-0.1, -0.05) is 17.3 Å². The monoisotopic (exact) mass is 594 g/mol. The van der Waals surface area contributed by atoms with Gasteiger partial charge >= 0.3 is 6.09 Å². The highest BCUT2D eigenvalue weighted by Gasteiger charge is 2.44. The first kappa shape index (κ1) is 30.8. The van der Waals surface area contributed by atoms with E-state index < -0.39 is 23.0 Å². The zero-order valence-electron chi connectivity index (χ0n) is 26.1. The van der Waals surface area contributed by atoms with Crippen LogP contribution in [0, 0.1) is 0 Å². The van der Waals surface area contributed by atoms with Crippen LogP contribution in [0.3, 0.4) is 0 Å². The van der Waals surface area contributed by atoms with E-state index >= 15 is 0 Å². The molecule has 2 aliphatic rings. The lowest BCUT2D eigenvalue weighted by Gasteiger charge is -2.45. The van der Waals surface area contributed by atoms with E-state index in [1.54, 1.807) is 0 Å².